The normalized spacial score (nSPS) is 14.9. The monoisotopic (exact) mass is 575 g/mol. The van der Waals surface area contributed by atoms with Crippen LogP contribution in [0, 0.1) is 11.3 Å². The summed E-state index contributed by atoms with van der Waals surface area (Å²) in [6, 6.07) is 16.3. The molecule has 0 fully saturated rings. The number of aliphatic carboxylic acids is 1. The summed E-state index contributed by atoms with van der Waals surface area (Å²) >= 11 is 0. The molecule has 0 aromatic heterocycles. The van der Waals surface area contributed by atoms with Crippen LogP contribution < -0.4 is 10.6 Å². The minimum absolute atomic E-state index is 0.0286. The highest BCUT2D eigenvalue weighted by Crippen LogP contribution is 2.30. The SMILES string of the molecule is CN[C@H](C(=O)N[C@H](C(=O)N(C)[C@H](C=C(C)C(=O)O)C(C)C)C(C)(C)C)C(C)(C)c1ccc(C=Cc2ccccc2)cc1. The van der Waals surface area contributed by atoms with Crippen molar-refractivity contribution in [2.75, 3.05) is 14.1 Å². The lowest BCUT2D eigenvalue weighted by Gasteiger charge is -2.40. The zero-order chi connectivity index (χ0) is 31.8. The van der Waals surface area contributed by atoms with Crippen molar-refractivity contribution in [2.45, 2.75) is 78.9 Å². The van der Waals surface area contributed by atoms with Gasteiger partial charge in [0.25, 0.3) is 0 Å². The summed E-state index contributed by atoms with van der Waals surface area (Å²) in [7, 11) is 3.41. The first-order chi connectivity index (χ1) is 19.5. The largest absolute Gasteiger partial charge is 0.478 e. The molecule has 0 unspecified atom stereocenters. The van der Waals surface area contributed by atoms with Crippen LogP contribution in [0.4, 0.5) is 0 Å². The highest BCUT2D eigenvalue weighted by atomic mass is 16.4. The number of likely N-dealkylation sites (N-methyl/N-ethyl adjacent to an activating group) is 2. The van der Waals surface area contributed by atoms with Gasteiger partial charge in [-0.25, -0.2) is 4.79 Å². The molecule has 0 aliphatic carbocycles. The van der Waals surface area contributed by atoms with E-state index in [0.29, 0.717) is 0 Å². The van der Waals surface area contributed by atoms with Crippen molar-refractivity contribution in [3.63, 3.8) is 0 Å². The standard InChI is InChI=1S/C35H49N3O4/c1-23(2)28(22-24(3)33(41)42)38(10)32(40)30(34(4,5)6)37-31(39)29(36-9)35(7,8)27-20-18-26(19-21-27)17-16-25-14-12-11-13-15-25/h11-23,28-30,36H,1-10H3,(H,37,39)(H,41,42)/t28-,29-,30-/m1/s1. The molecule has 3 atom stereocenters. The summed E-state index contributed by atoms with van der Waals surface area (Å²) in [5.74, 6) is -1.61. The Bertz CT molecular complexity index is 1270. The van der Waals surface area contributed by atoms with Crippen molar-refractivity contribution in [1.29, 1.82) is 0 Å². The number of carboxylic acids is 1. The van der Waals surface area contributed by atoms with Crippen LogP contribution in [0.15, 0.2) is 66.2 Å². The van der Waals surface area contributed by atoms with Crippen molar-refractivity contribution >= 4 is 29.9 Å². The van der Waals surface area contributed by atoms with Gasteiger partial charge in [-0.2, -0.15) is 0 Å². The molecule has 2 aromatic carbocycles. The fourth-order valence-electron chi connectivity index (χ4n) is 5.07. The first-order valence-corrected chi connectivity index (χ1v) is 14.5. The molecule has 3 N–H and O–H groups in total. The Labute approximate surface area is 252 Å². The molecule has 0 spiro atoms. The van der Waals surface area contributed by atoms with E-state index in [9.17, 15) is 19.5 Å². The number of amides is 2. The highest BCUT2D eigenvalue weighted by molar-refractivity contribution is 5.91. The van der Waals surface area contributed by atoms with Crippen molar-refractivity contribution in [2.24, 2.45) is 11.3 Å². The quantitative estimate of drug-likeness (QED) is 0.221. The lowest BCUT2D eigenvalue weighted by atomic mass is 9.76. The highest BCUT2D eigenvalue weighted by Gasteiger charge is 2.41. The third kappa shape index (κ3) is 8.89. The third-order valence-electron chi connectivity index (χ3n) is 7.83. The molecule has 0 saturated heterocycles. The number of carbonyl (C=O) groups is 3. The molecular formula is C35H49N3O4. The second-order valence-electron chi connectivity index (χ2n) is 13.0. The lowest BCUT2D eigenvalue weighted by Crippen LogP contribution is -2.61. The Morgan fingerprint density at radius 3 is 1.83 bits per heavy atom. The third-order valence-corrected chi connectivity index (χ3v) is 7.83. The molecule has 2 rings (SSSR count). The van der Waals surface area contributed by atoms with E-state index in [4.69, 9.17) is 0 Å². The molecule has 0 bridgehead atoms. The van der Waals surface area contributed by atoms with Crippen LogP contribution in [0.5, 0.6) is 0 Å². The Hall–Kier alpha value is -3.71. The van der Waals surface area contributed by atoms with E-state index < -0.39 is 34.9 Å². The summed E-state index contributed by atoms with van der Waals surface area (Å²) in [4.78, 5) is 40.7. The minimum atomic E-state index is -1.03. The van der Waals surface area contributed by atoms with E-state index in [0.717, 1.165) is 16.7 Å². The minimum Gasteiger partial charge on any atom is -0.478 e. The average Bonchev–Trinajstić information content (AvgIpc) is 2.92. The molecule has 42 heavy (non-hydrogen) atoms. The predicted molar refractivity (Wildman–Crippen MR) is 172 cm³/mol. The number of carboxylic acid groups (broad SMARTS) is 1. The molecule has 2 aromatic rings. The number of nitrogens with one attached hydrogen (secondary N) is 2. The van der Waals surface area contributed by atoms with Crippen LogP contribution in [-0.4, -0.2) is 60.0 Å². The maximum atomic E-state index is 13.9. The van der Waals surface area contributed by atoms with Gasteiger partial charge in [-0.1, -0.05) is 121 Å². The zero-order valence-corrected chi connectivity index (χ0v) is 26.9. The summed E-state index contributed by atoms with van der Waals surface area (Å²) in [6.45, 7) is 15.1. The second-order valence-corrected chi connectivity index (χ2v) is 13.0. The zero-order valence-electron chi connectivity index (χ0n) is 26.9. The number of benzene rings is 2. The van der Waals surface area contributed by atoms with Gasteiger partial charge in [0.15, 0.2) is 0 Å². The van der Waals surface area contributed by atoms with Gasteiger partial charge in [0.1, 0.15) is 6.04 Å². The Balaban J connectivity index is 2.30. The van der Waals surface area contributed by atoms with E-state index in [1.807, 2.05) is 103 Å². The lowest BCUT2D eigenvalue weighted by molar-refractivity contribution is -0.141. The van der Waals surface area contributed by atoms with E-state index in [2.05, 4.69) is 22.8 Å². The number of rotatable bonds is 12. The Morgan fingerprint density at radius 1 is 0.857 bits per heavy atom. The van der Waals surface area contributed by atoms with Gasteiger partial charge in [-0.15, -0.1) is 0 Å². The van der Waals surface area contributed by atoms with Crippen LogP contribution >= 0.6 is 0 Å². The van der Waals surface area contributed by atoms with E-state index in [1.165, 1.54) is 6.92 Å². The van der Waals surface area contributed by atoms with E-state index >= 15 is 0 Å². The Morgan fingerprint density at radius 2 is 1.38 bits per heavy atom. The van der Waals surface area contributed by atoms with Crippen LogP contribution in [0.1, 0.15) is 72.1 Å². The molecule has 0 saturated carbocycles. The molecule has 0 heterocycles. The fraction of sp³-hybridized carbons (Fsp3) is 0.457. The molecule has 228 valence electrons. The maximum absolute atomic E-state index is 13.9. The van der Waals surface area contributed by atoms with Crippen molar-refractivity contribution < 1.29 is 19.5 Å². The fourth-order valence-corrected chi connectivity index (χ4v) is 5.07. The smallest absolute Gasteiger partial charge is 0.331 e. The first kappa shape index (κ1) is 34.5. The van der Waals surface area contributed by atoms with Gasteiger partial charge >= 0.3 is 5.97 Å². The van der Waals surface area contributed by atoms with Crippen molar-refractivity contribution in [1.82, 2.24) is 15.5 Å². The summed E-state index contributed by atoms with van der Waals surface area (Å²) < 4.78 is 0. The van der Waals surface area contributed by atoms with Gasteiger partial charge in [0.05, 0.1) is 12.1 Å². The number of hydrogen-bond donors (Lipinski definition) is 3. The van der Waals surface area contributed by atoms with Crippen LogP contribution in [-0.2, 0) is 19.8 Å². The van der Waals surface area contributed by atoms with Crippen LogP contribution in [0.2, 0.25) is 0 Å². The van der Waals surface area contributed by atoms with Gasteiger partial charge in [-0.3, -0.25) is 9.59 Å². The van der Waals surface area contributed by atoms with E-state index in [1.54, 1.807) is 25.1 Å². The molecule has 7 nitrogen and oxygen atoms in total. The molecule has 0 radical (unpaired) electrons. The van der Waals surface area contributed by atoms with Gasteiger partial charge in [0.2, 0.25) is 11.8 Å². The summed E-state index contributed by atoms with van der Waals surface area (Å²) in [5.41, 5.74) is 2.14. The van der Waals surface area contributed by atoms with Gasteiger partial charge in [-0.05, 0) is 42.0 Å². The molecule has 7 heteroatoms. The average molecular weight is 576 g/mol. The maximum Gasteiger partial charge on any atom is 0.331 e. The van der Waals surface area contributed by atoms with E-state index in [-0.39, 0.29) is 23.3 Å². The Kier molecular flexibility index (Phi) is 11.9. The van der Waals surface area contributed by atoms with Gasteiger partial charge < -0.3 is 20.6 Å². The second kappa shape index (κ2) is 14.5. The first-order valence-electron chi connectivity index (χ1n) is 14.5. The van der Waals surface area contributed by atoms with Crippen LogP contribution in [0.25, 0.3) is 12.2 Å². The number of hydrogen-bond acceptors (Lipinski definition) is 4. The number of nitrogens with zero attached hydrogens (tertiary/aromatic N) is 1. The molecule has 2 amide bonds. The van der Waals surface area contributed by atoms with Crippen molar-refractivity contribution in [3.05, 3.63) is 82.9 Å². The van der Waals surface area contributed by atoms with Crippen molar-refractivity contribution in [3.8, 4) is 0 Å². The predicted octanol–water partition coefficient (Wildman–Crippen LogP) is 5.77. The van der Waals surface area contributed by atoms with Crippen LogP contribution in [0.3, 0.4) is 0 Å². The molecular weight excluding hydrogens is 526 g/mol. The summed E-state index contributed by atoms with van der Waals surface area (Å²) in [5, 5.41) is 15.6. The summed E-state index contributed by atoms with van der Waals surface area (Å²) in [6.07, 6.45) is 5.72. The topological polar surface area (TPSA) is 98.7 Å². The molecule has 0 aliphatic rings. The number of carbonyl (C=O) groups excluding carboxylic acids is 2. The van der Waals surface area contributed by atoms with Gasteiger partial charge in [0, 0.05) is 18.0 Å². The molecule has 0 aliphatic heterocycles.